The van der Waals surface area contributed by atoms with Crippen LogP contribution in [0.25, 0.3) is 0 Å². The van der Waals surface area contributed by atoms with Gasteiger partial charge in [-0.05, 0) is 38.1 Å². The third-order valence-corrected chi connectivity index (χ3v) is 2.58. The van der Waals surface area contributed by atoms with E-state index in [4.69, 9.17) is 11.6 Å². The maximum atomic E-state index is 6.17. The molecule has 0 amide bonds. The van der Waals surface area contributed by atoms with Crippen molar-refractivity contribution >= 4 is 11.6 Å². The van der Waals surface area contributed by atoms with E-state index in [-0.39, 0.29) is 6.04 Å². The van der Waals surface area contributed by atoms with E-state index >= 15 is 0 Å². The number of aryl methyl sites for hydroxylation is 1. The highest BCUT2D eigenvalue weighted by Crippen LogP contribution is 2.27. The van der Waals surface area contributed by atoms with Gasteiger partial charge in [-0.15, -0.1) is 0 Å². The van der Waals surface area contributed by atoms with Gasteiger partial charge in [-0.25, -0.2) is 0 Å². The highest BCUT2D eigenvalue weighted by Gasteiger charge is 2.12. The normalized spacial score (nSPS) is 12.6. The van der Waals surface area contributed by atoms with Crippen LogP contribution in [0, 0.1) is 6.92 Å². The Morgan fingerprint density at radius 2 is 2.14 bits per heavy atom. The van der Waals surface area contributed by atoms with Crippen molar-refractivity contribution < 1.29 is 0 Å². The van der Waals surface area contributed by atoms with Crippen molar-refractivity contribution in [3.05, 3.63) is 46.5 Å². The lowest BCUT2D eigenvalue weighted by Gasteiger charge is -2.18. The molecule has 1 unspecified atom stereocenters. The maximum Gasteiger partial charge on any atom is 0.0543 e. The van der Waals surface area contributed by atoms with Gasteiger partial charge >= 0.3 is 0 Å². The highest BCUT2D eigenvalue weighted by molar-refractivity contribution is 6.31. The highest BCUT2D eigenvalue weighted by atomic mass is 35.5. The maximum absolute atomic E-state index is 6.17. The van der Waals surface area contributed by atoms with Gasteiger partial charge in [0.1, 0.15) is 0 Å². The summed E-state index contributed by atoms with van der Waals surface area (Å²) in [5.74, 6) is 0. The molecule has 1 N–H and O–H groups in total. The molecule has 14 heavy (non-hydrogen) atoms. The second-order valence-corrected chi connectivity index (χ2v) is 4.00. The Morgan fingerprint density at radius 3 is 2.57 bits per heavy atom. The van der Waals surface area contributed by atoms with Gasteiger partial charge in [-0.3, -0.25) is 0 Å². The molecule has 0 aromatic heterocycles. The van der Waals surface area contributed by atoms with Crippen LogP contribution in [-0.2, 0) is 0 Å². The van der Waals surface area contributed by atoms with Crippen LogP contribution in [-0.4, -0.2) is 7.05 Å². The van der Waals surface area contributed by atoms with Crippen LogP contribution in [0.15, 0.2) is 30.4 Å². The molecule has 1 atom stereocenters. The molecule has 0 aliphatic rings. The standard InChI is InChI=1S/C12H16ClN/c1-8(2)12(14-4)10-6-5-9(3)7-11(10)13/h5-7,12,14H,1H2,2-4H3. The Hall–Kier alpha value is -0.790. The molecule has 1 nitrogen and oxygen atoms in total. The Kier molecular flexibility index (Phi) is 3.73. The first-order valence-corrected chi connectivity index (χ1v) is 5.02. The number of halogens is 1. The monoisotopic (exact) mass is 209 g/mol. The summed E-state index contributed by atoms with van der Waals surface area (Å²) in [5.41, 5.74) is 3.33. The van der Waals surface area contributed by atoms with Gasteiger partial charge in [0.2, 0.25) is 0 Å². The Labute approximate surface area is 90.8 Å². The fourth-order valence-corrected chi connectivity index (χ4v) is 1.88. The van der Waals surface area contributed by atoms with Crippen LogP contribution < -0.4 is 5.32 Å². The molecule has 1 aromatic rings. The van der Waals surface area contributed by atoms with Crippen LogP contribution in [0.2, 0.25) is 5.02 Å². The van der Waals surface area contributed by atoms with E-state index in [1.165, 1.54) is 5.56 Å². The van der Waals surface area contributed by atoms with E-state index in [0.29, 0.717) is 0 Å². The molecule has 0 saturated heterocycles. The topological polar surface area (TPSA) is 12.0 Å². The van der Waals surface area contributed by atoms with Gasteiger partial charge in [-0.2, -0.15) is 0 Å². The lowest BCUT2D eigenvalue weighted by Crippen LogP contribution is -2.17. The van der Waals surface area contributed by atoms with Crippen molar-refractivity contribution in [3.63, 3.8) is 0 Å². The van der Waals surface area contributed by atoms with Crippen molar-refractivity contribution in [2.24, 2.45) is 0 Å². The largest absolute Gasteiger partial charge is 0.310 e. The van der Waals surface area contributed by atoms with E-state index in [0.717, 1.165) is 16.2 Å². The SMILES string of the molecule is C=C(C)C(NC)c1ccc(C)cc1Cl. The first kappa shape index (κ1) is 11.3. The summed E-state index contributed by atoms with van der Waals surface area (Å²) in [6.07, 6.45) is 0. The van der Waals surface area contributed by atoms with Crippen molar-refractivity contribution in [2.45, 2.75) is 19.9 Å². The molecule has 2 heteroatoms. The number of rotatable bonds is 3. The zero-order valence-corrected chi connectivity index (χ0v) is 9.65. The fraction of sp³-hybridized carbons (Fsp3) is 0.333. The summed E-state index contributed by atoms with van der Waals surface area (Å²) in [6, 6.07) is 6.23. The van der Waals surface area contributed by atoms with E-state index in [2.05, 4.69) is 18.0 Å². The lowest BCUT2D eigenvalue weighted by molar-refractivity contribution is 0.680. The molecule has 0 aliphatic carbocycles. The van der Waals surface area contributed by atoms with E-state index in [1.807, 2.05) is 33.0 Å². The summed E-state index contributed by atoms with van der Waals surface area (Å²) in [5, 5.41) is 3.99. The summed E-state index contributed by atoms with van der Waals surface area (Å²) >= 11 is 6.17. The average molecular weight is 210 g/mol. The minimum atomic E-state index is 0.142. The molecule has 0 heterocycles. The van der Waals surface area contributed by atoms with Gasteiger partial charge in [0, 0.05) is 5.02 Å². The second-order valence-electron chi connectivity index (χ2n) is 3.59. The summed E-state index contributed by atoms with van der Waals surface area (Å²) in [4.78, 5) is 0. The first-order valence-electron chi connectivity index (χ1n) is 4.65. The van der Waals surface area contributed by atoms with Gasteiger partial charge in [0.25, 0.3) is 0 Å². The minimum absolute atomic E-state index is 0.142. The number of likely N-dealkylation sites (N-methyl/N-ethyl adjacent to an activating group) is 1. The molecule has 0 bridgehead atoms. The summed E-state index contributed by atoms with van der Waals surface area (Å²) in [7, 11) is 1.91. The van der Waals surface area contributed by atoms with Gasteiger partial charge in [0.05, 0.1) is 6.04 Å². The Morgan fingerprint density at radius 1 is 1.50 bits per heavy atom. The van der Waals surface area contributed by atoms with Crippen molar-refractivity contribution in [1.82, 2.24) is 5.32 Å². The molecular weight excluding hydrogens is 194 g/mol. The van der Waals surface area contributed by atoms with Crippen LogP contribution in [0.4, 0.5) is 0 Å². The number of hydrogen-bond acceptors (Lipinski definition) is 1. The first-order chi connectivity index (χ1) is 6.56. The quantitative estimate of drug-likeness (QED) is 0.752. The Bertz CT molecular complexity index is 344. The van der Waals surface area contributed by atoms with Crippen LogP contribution in [0.1, 0.15) is 24.1 Å². The predicted molar refractivity (Wildman–Crippen MR) is 62.8 cm³/mol. The van der Waals surface area contributed by atoms with E-state index in [9.17, 15) is 0 Å². The third kappa shape index (κ3) is 2.37. The van der Waals surface area contributed by atoms with Crippen LogP contribution >= 0.6 is 11.6 Å². The fourth-order valence-electron chi connectivity index (χ4n) is 1.53. The predicted octanol–water partition coefficient (Wildman–Crippen LogP) is 3.49. The minimum Gasteiger partial charge on any atom is -0.310 e. The van der Waals surface area contributed by atoms with Crippen molar-refractivity contribution in [3.8, 4) is 0 Å². The molecular formula is C12H16ClN. The zero-order valence-electron chi connectivity index (χ0n) is 8.89. The lowest BCUT2D eigenvalue weighted by atomic mass is 10.00. The van der Waals surface area contributed by atoms with Gasteiger partial charge in [0.15, 0.2) is 0 Å². The molecule has 0 radical (unpaired) electrons. The van der Waals surface area contributed by atoms with E-state index < -0.39 is 0 Å². The van der Waals surface area contributed by atoms with Gasteiger partial charge < -0.3 is 5.32 Å². The summed E-state index contributed by atoms with van der Waals surface area (Å²) < 4.78 is 0. The summed E-state index contributed by atoms with van der Waals surface area (Å²) in [6.45, 7) is 7.97. The second kappa shape index (κ2) is 4.63. The molecule has 0 fully saturated rings. The smallest absolute Gasteiger partial charge is 0.0543 e. The number of hydrogen-bond donors (Lipinski definition) is 1. The third-order valence-electron chi connectivity index (χ3n) is 2.25. The molecule has 0 spiro atoms. The molecule has 0 saturated carbocycles. The molecule has 76 valence electrons. The van der Waals surface area contributed by atoms with Crippen molar-refractivity contribution in [1.29, 1.82) is 0 Å². The number of nitrogens with one attached hydrogen (secondary N) is 1. The van der Waals surface area contributed by atoms with Gasteiger partial charge in [-0.1, -0.05) is 35.9 Å². The van der Waals surface area contributed by atoms with Crippen molar-refractivity contribution in [2.75, 3.05) is 7.05 Å². The zero-order chi connectivity index (χ0) is 10.7. The number of benzene rings is 1. The molecule has 0 aliphatic heterocycles. The molecule has 1 rings (SSSR count). The molecule has 1 aromatic carbocycles. The average Bonchev–Trinajstić information content (AvgIpc) is 2.09. The van der Waals surface area contributed by atoms with E-state index in [1.54, 1.807) is 0 Å². The Balaban J connectivity index is 3.10. The van der Waals surface area contributed by atoms with Crippen LogP contribution in [0.5, 0.6) is 0 Å². The van der Waals surface area contributed by atoms with Crippen LogP contribution in [0.3, 0.4) is 0 Å².